The zero-order chi connectivity index (χ0) is 22.3. The van der Waals surface area contributed by atoms with Gasteiger partial charge in [-0.2, -0.15) is 0 Å². The summed E-state index contributed by atoms with van der Waals surface area (Å²) in [4.78, 5) is 7.34. The molecule has 5 heteroatoms. The van der Waals surface area contributed by atoms with Crippen molar-refractivity contribution in [2.24, 2.45) is 4.99 Å². The van der Waals surface area contributed by atoms with E-state index < -0.39 is 0 Å². The van der Waals surface area contributed by atoms with Crippen LogP contribution in [0.5, 0.6) is 0 Å². The third-order valence-corrected chi connectivity index (χ3v) is 7.06. The summed E-state index contributed by atoms with van der Waals surface area (Å²) >= 11 is 0. The van der Waals surface area contributed by atoms with Gasteiger partial charge in [0, 0.05) is 19.4 Å². The first-order valence-corrected chi connectivity index (χ1v) is 11.7. The molecule has 0 saturated heterocycles. The molecule has 1 fully saturated rings. The van der Waals surface area contributed by atoms with E-state index in [1.807, 2.05) is 30.3 Å². The number of ether oxygens (including phenoxy) is 2. The summed E-state index contributed by atoms with van der Waals surface area (Å²) in [5.74, 6) is -0.223. The zero-order valence-corrected chi connectivity index (χ0v) is 18.5. The van der Waals surface area contributed by atoms with Crippen molar-refractivity contribution in [3.8, 4) is 0 Å². The topological polar surface area (TPSA) is 34.1 Å². The first-order chi connectivity index (χ1) is 16.2. The molecule has 1 atom stereocenters. The van der Waals surface area contributed by atoms with E-state index in [1.54, 1.807) is 0 Å². The summed E-state index contributed by atoms with van der Waals surface area (Å²) in [6, 6.07) is 26.3. The van der Waals surface area contributed by atoms with Gasteiger partial charge in [0.25, 0.3) is 6.02 Å². The summed E-state index contributed by atoms with van der Waals surface area (Å²) in [5, 5.41) is 0. The minimum Gasteiger partial charge on any atom is -0.463 e. The number of halogens is 1. The number of aliphatic imine (C=N–C) groups is 1. The van der Waals surface area contributed by atoms with Crippen LogP contribution in [0.4, 0.5) is 4.39 Å². The second-order valence-electron chi connectivity index (χ2n) is 9.33. The number of hydrogen-bond acceptors (Lipinski definition) is 4. The van der Waals surface area contributed by atoms with E-state index in [-0.39, 0.29) is 23.5 Å². The molecule has 1 saturated carbocycles. The van der Waals surface area contributed by atoms with Gasteiger partial charge in [0.1, 0.15) is 18.0 Å². The monoisotopic (exact) mass is 442 g/mol. The first-order valence-electron chi connectivity index (χ1n) is 11.7. The van der Waals surface area contributed by atoms with E-state index in [9.17, 15) is 4.39 Å². The van der Waals surface area contributed by atoms with Gasteiger partial charge in [0.15, 0.2) is 0 Å². The molecule has 3 aromatic rings. The molecule has 4 nitrogen and oxygen atoms in total. The fourth-order valence-corrected chi connectivity index (χ4v) is 5.29. The molecule has 0 aromatic heterocycles. The third-order valence-electron chi connectivity index (χ3n) is 7.06. The average Bonchev–Trinajstić information content (AvgIpc) is 3.28. The first kappa shape index (κ1) is 20.4. The average molecular weight is 443 g/mol. The molecule has 0 amide bonds. The van der Waals surface area contributed by atoms with Crippen molar-refractivity contribution in [3.05, 3.63) is 107 Å². The summed E-state index contributed by atoms with van der Waals surface area (Å²) in [6.07, 6.45) is 2.92. The molecule has 1 spiro atoms. The van der Waals surface area contributed by atoms with E-state index >= 15 is 0 Å². The number of fused-ring (bicyclic) bond motifs is 1. The standard InChI is InChI=1S/C28H27FN2O2/c29-23-12-10-22(11-13-23)26-25-9-5-4-8-21(25)14-15-31(26)27-30-28(19-33-27)16-24(17-28)32-18-20-6-2-1-3-7-20/h1-13,24,26H,14-19H2/t24?,26-,28?/m0/s1. The highest BCUT2D eigenvalue weighted by Gasteiger charge is 2.50. The molecule has 3 aromatic carbocycles. The smallest absolute Gasteiger partial charge is 0.288 e. The summed E-state index contributed by atoms with van der Waals surface area (Å²) < 4.78 is 25.9. The maximum absolute atomic E-state index is 13.6. The van der Waals surface area contributed by atoms with Gasteiger partial charge < -0.3 is 14.4 Å². The lowest BCUT2D eigenvalue weighted by Crippen LogP contribution is -2.48. The van der Waals surface area contributed by atoms with Crippen LogP contribution in [0.15, 0.2) is 83.9 Å². The predicted octanol–water partition coefficient (Wildman–Crippen LogP) is 5.28. The summed E-state index contributed by atoms with van der Waals surface area (Å²) in [5.41, 5.74) is 4.63. The summed E-state index contributed by atoms with van der Waals surface area (Å²) in [6.45, 7) is 2.05. The van der Waals surface area contributed by atoms with E-state index in [0.717, 1.165) is 31.4 Å². The third kappa shape index (κ3) is 3.91. The lowest BCUT2D eigenvalue weighted by atomic mass is 9.75. The molecular formula is C28H27FN2O2. The zero-order valence-electron chi connectivity index (χ0n) is 18.5. The van der Waals surface area contributed by atoms with Gasteiger partial charge in [0.2, 0.25) is 0 Å². The normalized spacial score (nSPS) is 25.8. The van der Waals surface area contributed by atoms with Gasteiger partial charge in [-0.05, 0) is 40.8 Å². The number of rotatable bonds is 4. The van der Waals surface area contributed by atoms with Crippen molar-refractivity contribution in [2.45, 2.75) is 43.6 Å². The van der Waals surface area contributed by atoms with E-state index in [4.69, 9.17) is 14.5 Å². The van der Waals surface area contributed by atoms with Gasteiger partial charge in [-0.25, -0.2) is 9.38 Å². The number of hydrogen-bond donors (Lipinski definition) is 0. The number of benzene rings is 3. The van der Waals surface area contributed by atoms with Crippen molar-refractivity contribution >= 4 is 6.02 Å². The van der Waals surface area contributed by atoms with E-state index in [1.165, 1.54) is 28.8 Å². The van der Waals surface area contributed by atoms with Crippen molar-refractivity contribution in [1.29, 1.82) is 0 Å². The van der Waals surface area contributed by atoms with Gasteiger partial charge in [0.05, 0.1) is 18.8 Å². The highest BCUT2D eigenvalue weighted by atomic mass is 19.1. The van der Waals surface area contributed by atoms with Gasteiger partial charge in [-0.15, -0.1) is 0 Å². The second-order valence-corrected chi connectivity index (χ2v) is 9.33. The minimum atomic E-state index is -0.223. The lowest BCUT2D eigenvalue weighted by Gasteiger charge is -2.40. The van der Waals surface area contributed by atoms with Crippen LogP contribution in [0.3, 0.4) is 0 Å². The largest absolute Gasteiger partial charge is 0.463 e. The second kappa shape index (κ2) is 8.31. The number of nitrogens with zero attached hydrogens (tertiary/aromatic N) is 2. The molecule has 2 aliphatic heterocycles. The molecule has 0 N–H and O–H groups in total. The van der Waals surface area contributed by atoms with Gasteiger partial charge in [-0.3, -0.25) is 0 Å². The fourth-order valence-electron chi connectivity index (χ4n) is 5.29. The Balaban J connectivity index is 1.20. The molecule has 2 heterocycles. The van der Waals surface area contributed by atoms with Crippen molar-refractivity contribution in [3.63, 3.8) is 0 Å². The molecule has 168 valence electrons. The van der Waals surface area contributed by atoms with E-state index in [2.05, 4.69) is 41.3 Å². The molecule has 0 bridgehead atoms. The molecular weight excluding hydrogens is 415 g/mol. The highest BCUT2D eigenvalue weighted by molar-refractivity contribution is 5.78. The van der Waals surface area contributed by atoms with Crippen molar-refractivity contribution in [1.82, 2.24) is 4.90 Å². The van der Waals surface area contributed by atoms with Crippen LogP contribution < -0.4 is 0 Å². The van der Waals surface area contributed by atoms with Crippen molar-refractivity contribution < 1.29 is 13.9 Å². The molecule has 3 aliphatic rings. The SMILES string of the molecule is Fc1ccc([C@H]2c3ccccc3CCN2C2=NC3(CO2)CC(OCc2ccccc2)C3)cc1. The van der Waals surface area contributed by atoms with Crippen LogP contribution in [-0.2, 0) is 22.5 Å². The van der Waals surface area contributed by atoms with Gasteiger partial charge in [-0.1, -0.05) is 66.7 Å². The Kier molecular flexibility index (Phi) is 5.14. The van der Waals surface area contributed by atoms with Crippen LogP contribution in [0.2, 0.25) is 0 Å². The van der Waals surface area contributed by atoms with Crippen LogP contribution in [0, 0.1) is 5.82 Å². The Morgan fingerprint density at radius 3 is 2.55 bits per heavy atom. The minimum absolute atomic E-state index is 0.0327. The molecule has 33 heavy (non-hydrogen) atoms. The molecule has 0 unspecified atom stereocenters. The maximum atomic E-state index is 13.6. The Hall–Kier alpha value is -3.18. The van der Waals surface area contributed by atoms with E-state index in [0.29, 0.717) is 19.2 Å². The Morgan fingerprint density at radius 2 is 1.73 bits per heavy atom. The Bertz CT molecular complexity index is 1160. The predicted molar refractivity (Wildman–Crippen MR) is 125 cm³/mol. The lowest BCUT2D eigenvalue weighted by molar-refractivity contribution is -0.0564. The Labute approximate surface area is 193 Å². The quantitative estimate of drug-likeness (QED) is 0.552. The molecule has 1 aliphatic carbocycles. The van der Waals surface area contributed by atoms with Crippen LogP contribution >= 0.6 is 0 Å². The Morgan fingerprint density at radius 1 is 0.970 bits per heavy atom. The van der Waals surface area contributed by atoms with Crippen molar-refractivity contribution in [2.75, 3.05) is 13.2 Å². The fraction of sp³-hybridized carbons (Fsp3) is 0.321. The maximum Gasteiger partial charge on any atom is 0.288 e. The summed E-state index contributed by atoms with van der Waals surface area (Å²) in [7, 11) is 0. The molecule has 0 radical (unpaired) electrons. The van der Waals surface area contributed by atoms with Crippen LogP contribution in [0.1, 0.15) is 41.1 Å². The highest BCUT2D eigenvalue weighted by Crippen LogP contribution is 2.44. The van der Waals surface area contributed by atoms with Crippen LogP contribution in [0.25, 0.3) is 0 Å². The van der Waals surface area contributed by atoms with Gasteiger partial charge >= 0.3 is 0 Å². The van der Waals surface area contributed by atoms with Crippen LogP contribution in [-0.4, -0.2) is 35.7 Å². The molecule has 6 rings (SSSR count). The number of amidine groups is 1.